The van der Waals surface area contributed by atoms with Crippen LogP contribution >= 0.6 is 7.37 Å². The lowest BCUT2D eigenvalue weighted by Crippen LogP contribution is -2.64. The van der Waals surface area contributed by atoms with Crippen molar-refractivity contribution in [3.8, 4) is 0 Å². The van der Waals surface area contributed by atoms with Gasteiger partial charge in [0.05, 0.1) is 59.5 Å². The molecule has 9 amide bonds. The summed E-state index contributed by atoms with van der Waals surface area (Å²) in [4.78, 5) is 140. The van der Waals surface area contributed by atoms with E-state index in [0.29, 0.717) is 90.1 Å². The molecule has 3 rings (SSSR count). The molecule has 0 radical (unpaired) electrons. The zero-order valence-electron chi connectivity index (χ0n) is 76.2. The quantitative estimate of drug-likeness (QED) is 0.0233. The van der Waals surface area contributed by atoms with Crippen molar-refractivity contribution in [1.29, 1.82) is 0 Å². The predicted molar refractivity (Wildman–Crippen MR) is 464 cm³/mol. The number of hydrogen-bond donors (Lipinski definition) is 18. The van der Waals surface area contributed by atoms with Gasteiger partial charge in [-0.25, -0.2) is 0 Å². The van der Waals surface area contributed by atoms with E-state index in [0.717, 1.165) is 77.0 Å². The number of carbonyl (C=O) groups excluding carboxylic acids is 11. The van der Waals surface area contributed by atoms with Gasteiger partial charge in [-0.1, -0.05) is 78.6 Å². The summed E-state index contributed by atoms with van der Waals surface area (Å²) in [6.45, 7) is 10.2. The molecule has 3 heterocycles. The molecule has 0 aromatic heterocycles. The van der Waals surface area contributed by atoms with E-state index >= 15 is 0 Å². The number of aliphatic hydroxyl groups excluding tert-OH is 9. The topological polar surface area (TPSA) is 587 Å². The summed E-state index contributed by atoms with van der Waals surface area (Å²) < 4.78 is 71.1. The van der Waals surface area contributed by atoms with Gasteiger partial charge in [-0.05, 0) is 96.3 Å². The Morgan fingerprint density at radius 3 is 0.961 bits per heavy atom. The number of rotatable bonds is 73. The van der Waals surface area contributed by atoms with Crippen LogP contribution in [0.3, 0.4) is 0 Å². The van der Waals surface area contributed by atoms with Crippen LogP contribution in [0.1, 0.15) is 260 Å². The summed E-state index contributed by atoms with van der Waals surface area (Å²) in [7, 11) is -2.68. The Labute approximate surface area is 748 Å². The van der Waals surface area contributed by atoms with Gasteiger partial charge in [0.15, 0.2) is 24.6 Å². The highest BCUT2D eigenvalue weighted by atomic mass is 31.2. The van der Waals surface area contributed by atoms with Crippen LogP contribution in [0.25, 0.3) is 0 Å². The number of carbonyl (C=O) groups is 11. The molecule has 127 heavy (non-hydrogen) atoms. The molecule has 8 unspecified atom stereocenters. The summed E-state index contributed by atoms with van der Waals surface area (Å²) in [6, 6.07) is -3.28. The summed E-state index contributed by atoms with van der Waals surface area (Å²) >= 11 is 0. The van der Waals surface area contributed by atoms with Crippen LogP contribution in [-0.2, 0) is 104 Å². The maximum absolute atomic E-state index is 14.1. The third-order valence-electron chi connectivity index (χ3n) is 21.9. The molecule has 736 valence electrons. The Morgan fingerprint density at radius 2 is 0.614 bits per heavy atom. The molecule has 17 atom stereocenters. The zero-order valence-corrected chi connectivity index (χ0v) is 77.1. The van der Waals surface area contributed by atoms with Crippen LogP contribution < -0.4 is 47.9 Å². The van der Waals surface area contributed by atoms with Gasteiger partial charge in [0.2, 0.25) is 60.5 Å². The highest BCUT2D eigenvalue weighted by Gasteiger charge is 2.48. The number of Topliss-reactive ketones (excluding diaryl/α,β-unsaturated/α-hetero) is 2. The first-order valence-corrected chi connectivity index (χ1v) is 47.9. The molecule has 0 aromatic rings. The van der Waals surface area contributed by atoms with E-state index in [1.54, 1.807) is 6.66 Å². The molecule has 41 heteroatoms. The SMILES string of the molecule is CC(=O)NC1[C@H](OCCCCC(=O)CCCCNC(=O)CCOCC(COCCC(=O)NCCCNC(=O)CCCCO[C@@H]2OC(CO)[C@@H](O)C(O)[C@@H]2NC(C)=O)(NC(=O)CCCCCCCCCCC(=O)CCCCCCCOP(C)(=O)C(C)(C)C)OCCCC(=O)NCCCNC(=O)CCCCO[C@@H]2OC(CO)[C@@H](O)C(O)[C@@H]2NC(C)=O)OC(CO)[C@@H](O)[C@@H]1O. The molecule has 0 saturated carbocycles. The van der Waals surface area contributed by atoms with Crippen LogP contribution in [0, 0.1) is 0 Å². The predicted octanol–water partition coefficient (Wildman–Crippen LogP) is 1.44. The number of unbranched alkanes of at least 4 members (excludes halogenated alkanes) is 15. The van der Waals surface area contributed by atoms with Gasteiger partial charge in [0.1, 0.15) is 84.6 Å². The van der Waals surface area contributed by atoms with E-state index in [9.17, 15) is 103 Å². The third-order valence-corrected chi connectivity index (χ3v) is 25.0. The van der Waals surface area contributed by atoms with Crippen molar-refractivity contribution in [2.75, 3.05) is 119 Å². The number of ether oxygens (including phenoxy) is 9. The van der Waals surface area contributed by atoms with E-state index in [-0.39, 0.29) is 184 Å². The fourth-order valence-electron chi connectivity index (χ4n) is 14.0. The smallest absolute Gasteiger partial charge is 0.222 e. The maximum Gasteiger partial charge on any atom is 0.222 e. The van der Waals surface area contributed by atoms with Gasteiger partial charge in [-0.15, -0.1) is 0 Å². The highest BCUT2D eigenvalue weighted by Crippen LogP contribution is 2.55. The number of nitrogens with one attached hydrogen (secondary N) is 9. The molecule has 0 bridgehead atoms. The average molecular weight is 1840 g/mol. The lowest BCUT2D eigenvalue weighted by molar-refractivity contribution is -0.270. The lowest BCUT2D eigenvalue weighted by Gasteiger charge is -2.42. The standard InChI is InChI=1S/C86H156N9O31P/c1-59(99)92-73-79(113)76(110)64(54-96)124-82(73)119-47-26-21-35-63(103)34-20-24-42-87-70(107)40-52-117-57-86(95-72(109)38-19-15-11-9-8-10-13-17-32-62(102)33-18-14-12-16-25-51-123-127(7,116)85(4,5)6,58-118-53-41-71(108)91-46-31-44-89-68(105)37-23-28-49-121-84-75(94-61(3)101)81(115)78(112)66(56-98)126-84)122-50-29-39-69(106)90-45-30-43-88-67(104)36-22-27-48-120-83-74(93-60(2)100)80(114)77(111)65(55-97)125-83/h64-66,73-84,96-98,110-115H,8-58H2,1-7H3,(H,87,107)(H,88,104)(H,89,105)(H,90,106)(H,91,108)(H,92,99)(H,93,100)(H,94,101)(H,95,109)/t64?,65?,66?,73?,74-,75-,76+,77+,78+,79+,80?,81?,82+,83+,84+,86?,127?/m0/s1. The number of ketones is 2. The minimum Gasteiger partial charge on any atom is -0.394 e. The average Bonchev–Trinajstić information content (AvgIpc) is 0.810. The second kappa shape index (κ2) is 66.4. The van der Waals surface area contributed by atoms with E-state index < -0.39 is 154 Å². The fraction of sp³-hybridized carbons (Fsp3) is 0.872. The monoisotopic (exact) mass is 1840 g/mol. The van der Waals surface area contributed by atoms with Crippen molar-refractivity contribution >= 4 is 72.1 Å². The van der Waals surface area contributed by atoms with Crippen molar-refractivity contribution in [1.82, 2.24) is 47.9 Å². The van der Waals surface area contributed by atoms with E-state index in [1.165, 1.54) is 20.8 Å². The van der Waals surface area contributed by atoms with Crippen LogP contribution in [0.5, 0.6) is 0 Å². The molecule has 0 aliphatic carbocycles. The van der Waals surface area contributed by atoms with Gasteiger partial charge in [-0.2, -0.15) is 0 Å². The Balaban J connectivity index is 1.59. The summed E-state index contributed by atoms with van der Waals surface area (Å²) in [5.74, 6) is -3.15. The molecule has 3 saturated heterocycles. The third kappa shape index (κ3) is 49.9. The largest absolute Gasteiger partial charge is 0.394 e. The Morgan fingerprint density at radius 1 is 0.331 bits per heavy atom. The van der Waals surface area contributed by atoms with Crippen LogP contribution in [0.4, 0.5) is 0 Å². The van der Waals surface area contributed by atoms with Crippen LogP contribution in [0.15, 0.2) is 0 Å². The molecule has 0 spiro atoms. The van der Waals surface area contributed by atoms with Gasteiger partial charge < -0.3 is 141 Å². The molecule has 3 aliphatic heterocycles. The Kier molecular flexibility index (Phi) is 60.2. The number of amides is 9. The molecule has 3 fully saturated rings. The van der Waals surface area contributed by atoms with Gasteiger partial charge in [0.25, 0.3) is 0 Å². The van der Waals surface area contributed by atoms with Gasteiger partial charge in [0, 0.05) is 149 Å². The zero-order chi connectivity index (χ0) is 94.0. The van der Waals surface area contributed by atoms with Gasteiger partial charge in [-0.3, -0.25) is 57.3 Å². The molecule has 18 N–H and O–H groups in total. The molecule has 3 aliphatic rings. The summed E-state index contributed by atoms with van der Waals surface area (Å²) in [5, 5.41) is 115. The Hall–Kier alpha value is -5.96. The minimum atomic E-state index is -2.68. The highest BCUT2D eigenvalue weighted by molar-refractivity contribution is 7.59. The Bertz CT molecular complexity index is 2960. The van der Waals surface area contributed by atoms with Gasteiger partial charge >= 0.3 is 0 Å². The second-order valence-electron chi connectivity index (χ2n) is 34.1. The number of aliphatic hydroxyl groups is 9. The number of hydrogen-bond acceptors (Lipinski definition) is 31. The maximum atomic E-state index is 14.1. The van der Waals surface area contributed by atoms with Crippen molar-refractivity contribution < 1.29 is 150 Å². The first kappa shape index (κ1) is 115. The van der Waals surface area contributed by atoms with Crippen LogP contribution in [-0.4, -0.2) is 332 Å². The normalized spacial score (nSPS) is 23.4. The van der Waals surface area contributed by atoms with Crippen molar-refractivity contribution in [2.24, 2.45) is 0 Å². The summed E-state index contributed by atoms with van der Waals surface area (Å²) in [6.07, 6.45) is 1.98. The van der Waals surface area contributed by atoms with Crippen molar-refractivity contribution in [3.63, 3.8) is 0 Å². The molecular weight excluding hydrogens is 1690 g/mol. The first-order valence-electron chi connectivity index (χ1n) is 45.8. The van der Waals surface area contributed by atoms with E-state index in [2.05, 4.69) is 47.9 Å². The lowest BCUT2D eigenvalue weighted by atomic mass is 9.97. The molecule has 0 aromatic carbocycles. The second-order valence-corrected chi connectivity index (χ2v) is 37.4. The fourth-order valence-corrected chi connectivity index (χ4v) is 14.9. The van der Waals surface area contributed by atoms with E-state index in [4.69, 9.17) is 47.2 Å². The van der Waals surface area contributed by atoms with Crippen molar-refractivity contribution in [2.45, 2.75) is 363 Å². The summed E-state index contributed by atoms with van der Waals surface area (Å²) in [5.41, 5.74) is -1.70. The van der Waals surface area contributed by atoms with E-state index in [1.807, 2.05) is 20.8 Å². The minimum absolute atomic E-state index is 0.00326. The molecular formula is C86H156N9O31P. The van der Waals surface area contributed by atoms with Crippen molar-refractivity contribution in [3.05, 3.63) is 0 Å². The first-order chi connectivity index (χ1) is 60.6. The van der Waals surface area contributed by atoms with Crippen LogP contribution in [0.2, 0.25) is 0 Å². The molecule has 40 nitrogen and oxygen atoms in total.